The molecule has 0 aliphatic heterocycles. The Labute approximate surface area is 194 Å². The van der Waals surface area contributed by atoms with Gasteiger partial charge in [0.05, 0.1) is 21.3 Å². The first-order valence-electron chi connectivity index (χ1n) is 11.1. The standard InChI is InChI=1S/C25H32N2O6/c1-30-20-6-4-5-7-22(20)33-17-25(29)27(19-9-10-19)15-13-24(28)26-14-12-18-8-11-21(31-2)23(16-18)32-3/h4-8,11,16,19H,9-10,12-15,17H2,1-3H3,(H,26,28). The molecule has 3 rings (SSSR count). The number of hydrogen-bond donors (Lipinski definition) is 1. The van der Waals surface area contributed by atoms with Crippen LogP contribution >= 0.6 is 0 Å². The van der Waals surface area contributed by atoms with Crippen LogP contribution in [0.5, 0.6) is 23.0 Å². The van der Waals surface area contributed by atoms with E-state index in [1.54, 1.807) is 38.4 Å². The molecule has 1 fully saturated rings. The SMILES string of the molecule is COc1ccc(CCNC(=O)CCN(C(=O)COc2ccccc2OC)C2CC2)cc1OC. The summed E-state index contributed by atoms with van der Waals surface area (Å²) in [7, 11) is 4.75. The highest BCUT2D eigenvalue weighted by Crippen LogP contribution is 2.29. The molecule has 33 heavy (non-hydrogen) atoms. The summed E-state index contributed by atoms with van der Waals surface area (Å²) in [6, 6.07) is 13.1. The molecule has 0 bridgehead atoms. The Kier molecular flexibility index (Phi) is 8.80. The van der Waals surface area contributed by atoms with Gasteiger partial charge in [-0.2, -0.15) is 0 Å². The summed E-state index contributed by atoms with van der Waals surface area (Å²) in [5.41, 5.74) is 1.04. The van der Waals surface area contributed by atoms with Gasteiger partial charge in [0.1, 0.15) is 0 Å². The van der Waals surface area contributed by atoms with Gasteiger partial charge in [-0.3, -0.25) is 9.59 Å². The summed E-state index contributed by atoms with van der Waals surface area (Å²) in [5, 5.41) is 2.93. The molecule has 0 spiro atoms. The van der Waals surface area contributed by atoms with Crippen molar-refractivity contribution in [3.8, 4) is 23.0 Å². The van der Waals surface area contributed by atoms with Crippen molar-refractivity contribution in [3.05, 3.63) is 48.0 Å². The fourth-order valence-corrected chi connectivity index (χ4v) is 3.55. The van der Waals surface area contributed by atoms with E-state index in [-0.39, 0.29) is 30.9 Å². The number of methoxy groups -OCH3 is 3. The molecule has 0 saturated heterocycles. The zero-order valence-electron chi connectivity index (χ0n) is 19.5. The normalized spacial score (nSPS) is 12.6. The van der Waals surface area contributed by atoms with Crippen LogP contribution in [0.2, 0.25) is 0 Å². The number of para-hydroxylation sites is 2. The minimum atomic E-state index is -0.124. The molecular formula is C25H32N2O6. The Morgan fingerprint density at radius 3 is 2.27 bits per heavy atom. The van der Waals surface area contributed by atoms with Gasteiger partial charge in [0.2, 0.25) is 5.91 Å². The third-order valence-corrected chi connectivity index (χ3v) is 5.49. The molecule has 8 nitrogen and oxygen atoms in total. The average Bonchev–Trinajstić information content (AvgIpc) is 3.68. The van der Waals surface area contributed by atoms with E-state index in [0.717, 1.165) is 18.4 Å². The summed E-state index contributed by atoms with van der Waals surface area (Å²) >= 11 is 0. The summed E-state index contributed by atoms with van der Waals surface area (Å²) in [4.78, 5) is 26.8. The van der Waals surface area contributed by atoms with Gasteiger partial charge in [-0.25, -0.2) is 0 Å². The lowest BCUT2D eigenvalue weighted by Gasteiger charge is -2.22. The first-order valence-corrected chi connectivity index (χ1v) is 11.1. The van der Waals surface area contributed by atoms with Crippen LogP contribution in [0, 0.1) is 0 Å². The molecule has 1 aliphatic carbocycles. The van der Waals surface area contributed by atoms with E-state index >= 15 is 0 Å². The fraction of sp³-hybridized carbons (Fsp3) is 0.440. The van der Waals surface area contributed by atoms with Crippen molar-refractivity contribution in [2.24, 2.45) is 0 Å². The fourth-order valence-electron chi connectivity index (χ4n) is 3.55. The summed E-state index contributed by atoms with van der Waals surface area (Å²) in [6.07, 6.45) is 2.84. The van der Waals surface area contributed by atoms with Crippen LogP contribution in [0.1, 0.15) is 24.8 Å². The van der Waals surface area contributed by atoms with E-state index in [9.17, 15) is 9.59 Å². The largest absolute Gasteiger partial charge is 0.493 e. The van der Waals surface area contributed by atoms with Crippen molar-refractivity contribution in [1.82, 2.24) is 10.2 Å². The van der Waals surface area contributed by atoms with Crippen molar-refractivity contribution in [2.45, 2.75) is 31.7 Å². The van der Waals surface area contributed by atoms with Crippen molar-refractivity contribution in [2.75, 3.05) is 41.0 Å². The van der Waals surface area contributed by atoms with Gasteiger partial charge in [-0.05, 0) is 49.1 Å². The average molecular weight is 457 g/mol. The molecule has 1 saturated carbocycles. The molecule has 0 unspecified atom stereocenters. The second-order valence-electron chi connectivity index (χ2n) is 7.80. The monoisotopic (exact) mass is 456 g/mol. The van der Waals surface area contributed by atoms with Crippen LogP contribution in [0.3, 0.4) is 0 Å². The first kappa shape index (κ1) is 24.2. The van der Waals surface area contributed by atoms with Crippen molar-refractivity contribution >= 4 is 11.8 Å². The number of carbonyl (C=O) groups excluding carboxylic acids is 2. The topological polar surface area (TPSA) is 86.3 Å². The van der Waals surface area contributed by atoms with E-state index in [0.29, 0.717) is 42.5 Å². The maximum atomic E-state index is 12.7. The Balaban J connectivity index is 1.43. The maximum absolute atomic E-state index is 12.7. The highest BCUT2D eigenvalue weighted by molar-refractivity contribution is 5.80. The quantitative estimate of drug-likeness (QED) is 0.499. The van der Waals surface area contributed by atoms with Crippen molar-refractivity contribution in [1.29, 1.82) is 0 Å². The molecule has 2 aromatic carbocycles. The van der Waals surface area contributed by atoms with Crippen molar-refractivity contribution < 1.29 is 28.5 Å². The van der Waals surface area contributed by atoms with Crippen LogP contribution in [0.4, 0.5) is 0 Å². The summed E-state index contributed by atoms with van der Waals surface area (Å²) < 4.78 is 21.5. The molecule has 0 heterocycles. The van der Waals surface area contributed by atoms with Gasteiger partial charge in [-0.15, -0.1) is 0 Å². The zero-order valence-corrected chi connectivity index (χ0v) is 19.5. The molecule has 8 heteroatoms. The van der Waals surface area contributed by atoms with E-state index in [1.807, 2.05) is 30.3 Å². The molecule has 0 aromatic heterocycles. The predicted molar refractivity (Wildman–Crippen MR) is 124 cm³/mol. The predicted octanol–water partition coefficient (Wildman–Crippen LogP) is 2.83. The van der Waals surface area contributed by atoms with Crippen LogP contribution in [0.15, 0.2) is 42.5 Å². The van der Waals surface area contributed by atoms with Crippen LogP contribution in [0.25, 0.3) is 0 Å². The third-order valence-electron chi connectivity index (χ3n) is 5.49. The molecular weight excluding hydrogens is 424 g/mol. The Morgan fingerprint density at radius 1 is 0.939 bits per heavy atom. The van der Waals surface area contributed by atoms with Gasteiger partial charge in [0.25, 0.3) is 5.91 Å². The Hall–Kier alpha value is -3.42. The van der Waals surface area contributed by atoms with Crippen molar-refractivity contribution in [3.63, 3.8) is 0 Å². The number of carbonyl (C=O) groups is 2. The highest BCUT2D eigenvalue weighted by atomic mass is 16.5. The van der Waals surface area contributed by atoms with E-state index in [1.165, 1.54) is 0 Å². The summed E-state index contributed by atoms with van der Waals surface area (Å²) in [6.45, 7) is 0.793. The summed E-state index contributed by atoms with van der Waals surface area (Å²) in [5.74, 6) is 2.23. The number of nitrogens with one attached hydrogen (secondary N) is 1. The minimum absolute atomic E-state index is 0.0837. The van der Waals surface area contributed by atoms with Gasteiger partial charge in [0.15, 0.2) is 29.6 Å². The number of benzene rings is 2. The number of ether oxygens (including phenoxy) is 4. The molecule has 2 amide bonds. The number of hydrogen-bond acceptors (Lipinski definition) is 6. The lowest BCUT2D eigenvalue weighted by atomic mass is 10.1. The Morgan fingerprint density at radius 2 is 1.61 bits per heavy atom. The van der Waals surface area contributed by atoms with Gasteiger partial charge >= 0.3 is 0 Å². The first-order chi connectivity index (χ1) is 16.0. The lowest BCUT2D eigenvalue weighted by Crippen LogP contribution is -2.39. The minimum Gasteiger partial charge on any atom is -0.493 e. The number of nitrogens with zero attached hydrogens (tertiary/aromatic N) is 1. The van der Waals surface area contributed by atoms with E-state index in [2.05, 4.69) is 5.32 Å². The second kappa shape index (κ2) is 12.0. The number of amides is 2. The van der Waals surface area contributed by atoms with Crippen LogP contribution in [-0.2, 0) is 16.0 Å². The molecule has 0 atom stereocenters. The van der Waals surface area contributed by atoms with E-state index in [4.69, 9.17) is 18.9 Å². The molecule has 0 radical (unpaired) electrons. The van der Waals surface area contributed by atoms with Gasteiger partial charge in [-0.1, -0.05) is 18.2 Å². The van der Waals surface area contributed by atoms with Gasteiger partial charge < -0.3 is 29.2 Å². The zero-order chi connectivity index (χ0) is 23.6. The van der Waals surface area contributed by atoms with Crippen LogP contribution in [-0.4, -0.2) is 63.8 Å². The maximum Gasteiger partial charge on any atom is 0.260 e. The molecule has 1 N–H and O–H groups in total. The third kappa shape index (κ3) is 7.03. The molecule has 1 aliphatic rings. The number of rotatable bonds is 13. The van der Waals surface area contributed by atoms with Gasteiger partial charge in [0, 0.05) is 25.6 Å². The van der Waals surface area contributed by atoms with Crippen LogP contribution < -0.4 is 24.3 Å². The highest BCUT2D eigenvalue weighted by Gasteiger charge is 2.32. The smallest absolute Gasteiger partial charge is 0.260 e. The lowest BCUT2D eigenvalue weighted by molar-refractivity contribution is -0.134. The Bertz CT molecular complexity index is 944. The van der Waals surface area contributed by atoms with E-state index < -0.39 is 0 Å². The molecule has 178 valence electrons. The molecule has 2 aromatic rings. The second-order valence-corrected chi connectivity index (χ2v) is 7.80.